The maximum atomic E-state index is 5.96. The lowest BCUT2D eigenvalue weighted by Crippen LogP contribution is -2.24. The van der Waals surface area contributed by atoms with Gasteiger partial charge >= 0.3 is 0 Å². The van der Waals surface area contributed by atoms with Gasteiger partial charge in [0.05, 0.1) is 5.69 Å². The molecule has 4 heteroatoms. The van der Waals surface area contributed by atoms with E-state index in [1.54, 1.807) is 6.20 Å². The van der Waals surface area contributed by atoms with E-state index in [4.69, 9.17) is 5.73 Å². The van der Waals surface area contributed by atoms with Gasteiger partial charge in [0, 0.05) is 23.8 Å². The molecule has 0 radical (unpaired) electrons. The molecule has 0 amide bonds. The molecule has 0 saturated carbocycles. The van der Waals surface area contributed by atoms with Crippen LogP contribution in [0.25, 0.3) is 0 Å². The van der Waals surface area contributed by atoms with Crippen molar-refractivity contribution >= 4 is 27.4 Å². The van der Waals surface area contributed by atoms with Crippen LogP contribution in [-0.2, 0) is 0 Å². The Morgan fingerprint density at radius 3 is 2.80 bits per heavy atom. The van der Waals surface area contributed by atoms with E-state index in [0.717, 1.165) is 29.1 Å². The van der Waals surface area contributed by atoms with E-state index in [1.807, 2.05) is 6.07 Å². The van der Waals surface area contributed by atoms with Crippen LogP contribution in [0.1, 0.15) is 20.3 Å². The van der Waals surface area contributed by atoms with E-state index in [1.165, 1.54) is 6.42 Å². The van der Waals surface area contributed by atoms with Gasteiger partial charge in [-0.25, -0.2) is 4.98 Å². The molecule has 0 aliphatic carbocycles. The Hall–Kier alpha value is -0.770. The fourth-order valence-electron chi connectivity index (χ4n) is 2.01. The zero-order valence-corrected chi connectivity index (χ0v) is 10.7. The Labute approximate surface area is 98.8 Å². The molecular weight excluding hydrogens is 254 g/mol. The number of aromatic nitrogens is 1. The number of anilines is 2. The molecule has 0 atom stereocenters. The van der Waals surface area contributed by atoms with E-state index < -0.39 is 0 Å². The third kappa shape index (κ3) is 2.25. The van der Waals surface area contributed by atoms with Gasteiger partial charge in [-0.2, -0.15) is 0 Å². The van der Waals surface area contributed by atoms with E-state index in [2.05, 4.69) is 39.7 Å². The van der Waals surface area contributed by atoms with Crippen molar-refractivity contribution in [2.45, 2.75) is 20.3 Å². The third-order valence-corrected chi connectivity index (χ3v) is 3.27. The number of nitrogen functional groups attached to an aromatic ring is 1. The predicted molar refractivity (Wildman–Crippen MR) is 67.0 cm³/mol. The summed E-state index contributed by atoms with van der Waals surface area (Å²) in [6, 6.07) is 1.91. The number of pyridine rings is 1. The van der Waals surface area contributed by atoms with Crippen LogP contribution in [0.4, 0.5) is 11.5 Å². The van der Waals surface area contributed by atoms with Crippen LogP contribution in [0.2, 0.25) is 0 Å². The van der Waals surface area contributed by atoms with E-state index in [-0.39, 0.29) is 0 Å². The Morgan fingerprint density at radius 2 is 2.27 bits per heavy atom. The quantitative estimate of drug-likeness (QED) is 0.853. The van der Waals surface area contributed by atoms with Gasteiger partial charge in [0.15, 0.2) is 5.82 Å². The molecule has 2 rings (SSSR count). The monoisotopic (exact) mass is 269 g/mol. The number of hydrogen-bond acceptors (Lipinski definition) is 3. The fraction of sp³-hybridized carbons (Fsp3) is 0.545. The molecule has 3 nitrogen and oxygen atoms in total. The molecule has 1 aliphatic rings. The van der Waals surface area contributed by atoms with Gasteiger partial charge in [-0.15, -0.1) is 0 Å². The zero-order chi connectivity index (χ0) is 11.1. The molecule has 0 bridgehead atoms. The minimum Gasteiger partial charge on any atom is -0.396 e. The first-order chi connectivity index (χ1) is 6.98. The fourth-order valence-corrected chi connectivity index (χ4v) is 2.35. The van der Waals surface area contributed by atoms with Gasteiger partial charge in [-0.05, 0) is 33.8 Å². The molecule has 1 fully saturated rings. The molecule has 1 aromatic heterocycles. The average Bonchev–Trinajstić information content (AvgIpc) is 2.46. The molecule has 2 N–H and O–H groups in total. The molecule has 1 saturated heterocycles. The molecule has 1 aromatic rings. The van der Waals surface area contributed by atoms with Crippen LogP contribution >= 0.6 is 15.9 Å². The molecule has 0 unspecified atom stereocenters. The van der Waals surface area contributed by atoms with Crippen LogP contribution in [-0.4, -0.2) is 18.1 Å². The van der Waals surface area contributed by atoms with Crippen molar-refractivity contribution in [3.8, 4) is 0 Å². The highest BCUT2D eigenvalue weighted by Crippen LogP contribution is 2.34. The largest absolute Gasteiger partial charge is 0.396 e. The second-order valence-corrected chi connectivity index (χ2v) is 5.82. The summed E-state index contributed by atoms with van der Waals surface area (Å²) in [5.74, 6) is 0.920. The van der Waals surface area contributed by atoms with Crippen LogP contribution in [0.5, 0.6) is 0 Å². The molecule has 0 aromatic carbocycles. The van der Waals surface area contributed by atoms with Crippen molar-refractivity contribution < 1.29 is 0 Å². The number of halogens is 1. The van der Waals surface area contributed by atoms with Crippen molar-refractivity contribution in [1.82, 2.24) is 4.98 Å². The first kappa shape index (κ1) is 10.7. The van der Waals surface area contributed by atoms with E-state index >= 15 is 0 Å². The predicted octanol–water partition coefficient (Wildman–Crippen LogP) is 2.66. The average molecular weight is 270 g/mol. The summed E-state index contributed by atoms with van der Waals surface area (Å²) < 4.78 is 0.933. The summed E-state index contributed by atoms with van der Waals surface area (Å²) in [5, 5.41) is 0. The summed E-state index contributed by atoms with van der Waals surface area (Å²) in [6.07, 6.45) is 3.00. The Morgan fingerprint density at radius 1 is 1.53 bits per heavy atom. The van der Waals surface area contributed by atoms with E-state index in [0.29, 0.717) is 5.41 Å². The van der Waals surface area contributed by atoms with Crippen molar-refractivity contribution in [2.75, 3.05) is 23.7 Å². The van der Waals surface area contributed by atoms with Crippen molar-refractivity contribution in [1.29, 1.82) is 0 Å². The van der Waals surface area contributed by atoms with Gasteiger partial charge in [-0.3, -0.25) is 0 Å². The topological polar surface area (TPSA) is 42.2 Å². The van der Waals surface area contributed by atoms with Gasteiger partial charge in [-0.1, -0.05) is 13.8 Å². The third-order valence-electron chi connectivity index (χ3n) is 2.84. The molecule has 1 aliphatic heterocycles. The Balaban J connectivity index is 2.24. The second-order valence-electron chi connectivity index (χ2n) is 4.90. The minimum atomic E-state index is 0.376. The lowest BCUT2D eigenvalue weighted by molar-refractivity contribution is 0.418. The summed E-state index contributed by atoms with van der Waals surface area (Å²) >= 11 is 3.37. The minimum absolute atomic E-state index is 0.376. The number of rotatable bonds is 1. The molecule has 82 valence electrons. The lowest BCUT2D eigenvalue weighted by atomic mass is 9.93. The molecule has 2 heterocycles. The molecular formula is C11H16BrN3. The maximum absolute atomic E-state index is 5.96. The summed E-state index contributed by atoms with van der Waals surface area (Å²) in [5.41, 5.74) is 7.08. The number of nitrogens with zero attached hydrogens (tertiary/aromatic N) is 2. The van der Waals surface area contributed by atoms with Crippen LogP contribution in [0, 0.1) is 5.41 Å². The van der Waals surface area contributed by atoms with Gasteiger partial charge in [0.25, 0.3) is 0 Å². The van der Waals surface area contributed by atoms with E-state index in [9.17, 15) is 0 Å². The van der Waals surface area contributed by atoms with Crippen LogP contribution in [0.15, 0.2) is 16.7 Å². The highest BCUT2D eigenvalue weighted by atomic mass is 79.9. The lowest BCUT2D eigenvalue weighted by Gasteiger charge is -2.21. The van der Waals surface area contributed by atoms with Crippen molar-refractivity contribution in [2.24, 2.45) is 5.41 Å². The highest BCUT2D eigenvalue weighted by molar-refractivity contribution is 9.10. The van der Waals surface area contributed by atoms with Crippen LogP contribution in [0.3, 0.4) is 0 Å². The number of hydrogen-bond donors (Lipinski definition) is 1. The summed E-state index contributed by atoms with van der Waals surface area (Å²) in [6.45, 7) is 6.64. The van der Waals surface area contributed by atoms with Gasteiger partial charge in [0.2, 0.25) is 0 Å². The first-order valence-electron chi connectivity index (χ1n) is 5.14. The maximum Gasteiger partial charge on any atom is 0.151 e. The number of nitrogens with two attached hydrogens (primary N) is 1. The SMILES string of the molecule is CC1(C)CCN(c2ncc(Br)cc2N)C1. The summed E-state index contributed by atoms with van der Waals surface area (Å²) in [4.78, 5) is 6.65. The first-order valence-corrected chi connectivity index (χ1v) is 5.93. The van der Waals surface area contributed by atoms with Crippen molar-refractivity contribution in [3.63, 3.8) is 0 Å². The standard InChI is InChI=1S/C11H16BrN3/c1-11(2)3-4-15(7-11)10-9(13)5-8(12)6-14-10/h5-6H,3-4,7,13H2,1-2H3. The highest BCUT2D eigenvalue weighted by Gasteiger charge is 2.30. The normalized spacial score (nSPS) is 19.5. The Bertz CT molecular complexity index is 376. The van der Waals surface area contributed by atoms with Crippen molar-refractivity contribution in [3.05, 3.63) is 16.7 Å². The van der Waals surface area contributed by atoms with Gasteiger partial charge in [0.1, 0.15) is 0 Å². The summed E-state index contributed by atoms with van der Waals surface area (Å²) in [7, 11) is 0. The molecule has 15 heavy (non-hydrogen) atoms. The smallest absolute Gasteiger partial charge is 0.151 e. The van der Waals surface area contributed by atoms with Gasteiger partial charge < -0.3 is 10.6 Å². The molecule has 0 spiro atoms. The van der Waals surface area contributed by atoms with Crippen LogP contribution < -0.4 is 10.6 Å². The Kier molecular flexibility index (Phi) is 2.63. The zero-order valence-electron chi connectivity index (χ0n) is 9.13. The second kappa shape index (κ2) is 3.67.